The normalized spacial score (nSPS) is 11.6. The second-order valence-electron chi connectivity index (χ2n) is 28.5. The molecule has 0 unspecified atom stereocenters. The maximum absolute atomic E-state index is 5.73. The lowest BCUT2D eigenvalue weighted by molar-refractivity contribution is 1.19. The summed E-state index contributed by atoms with van der Waals surface area (Å²) in [5.41, 5.74) is 23.9. The van der Waals surface area contributed by atoms with Gasteiger partial charge in [0.2, 0.25) is 0 Å². The summed E-state index contributed by atoms with van der Waals surface area (Å²) >= 11 is 6.98. The van der Waals surface area contributed by atoms with Crippen LogP contribution in [-0.4, -0.2) is 39.9 Å². The first-order chi connectivity index (χ1) is 57.5. The van der Waals surface area contributed by atoms with Crippen molar-refractivity contribution >= 4 is 91.2 Å². The highest BCUT2D eigenvalue weighted by molar-refractivity contribution is 8.00. The van der Waals surface area contributed by atoms with E-state index in [4.69, 9.17) is 29.9 Å². The van der Waals surface area contributed by atoms with Crippen LogP contribution in [0, 0.1) is 0 Å². The zero-order valence-corrected chi connectivity index (χ0v) is 65.5. The third-order valence-electron chi connectivity index (χ3n) is 21.3. The van der Waals surface area contributed by atoms with Crippen LogP contribution in [0.25, 0.3) is 179 Å². The van der Waals surface area contributed by atoms with Gasteiger partial charge in [0, 0.05) is 83.0 Å². The third kappa shape index (κ3) is 13.5. The van der Waals surface area contributed by atoms with Crippen molar-refractivity contribution in [2.45, 2.75) is 39.2 Å². The Morgan fingerprint density at radius 2 is 0.362 bits per heavy atom. The predicted octanol–water partition coefficient (Wildman–Crippen LogP) is 28.8. The molecule has 0 atom stereocenters. The third-order valence-corrected chi connectivity index (χ3v) is 25.9. The van der Waals surface area contributed by atoms with Crippen molar-refractivity contribution in [3.8, 4) is 135 Å². The lowest BCUT2D eigenvalue weighted by Gasteiger charge is -2.16. The van der Waals surface area contributed by atoms with E-state index in [-0.39, 0.29) is 0 Å². The molecule has 2 aliphatic rings. The average Bonchev–Trinajstić information content (AvgIpc) is 1.67. The van der Waals surface area contributed by atoms with Gasteiger partial charge in [-0.3, -0.25) is 0 Å². The minimum atomic E-state index is 0.502. The van der Waals surface area contributed by atoms with Crippen LogP contribution in [0.4, 0.5) is 0 Å². The van der Waals surface area contributed by atoms with E-state index in [0.717, 1.165) is 172 Å². The standard InChI is InChI=1S/C104H66N8S4/c1-9-29-65(30-10-1)77-45-25-46-78(66-31-11-2-12-32-66)93(77)113-73-53-57-85-89(61-73)101-105-97(85)110-102-91-63-75(115-95-81(69-37-17-5-18-38-69)49-27-50-82(95)70-39-19-6-20-40-70)55-59-87(91)99(107-102)112-104-92-64-76(116-96-83(71-41-21-7-22-42-71)51-28-52-84(96)72-43-23-8-24-44-72)56-60-88(92)100(108-104)111-103-90-62-74(54-58-86(90)98(106-103)109-101)114-94-79(67-33-13-3-14-34-67)47-26-48-80(94)68-35-15-4-16-36-68/h1-64H,(H2,105,106,107,108,109,110,111,112). The molecule has 5 heterocycles. The van der Waals surface area contributed by atoms with E-state index in [1.165, 1.54) is 0 Å². The summed E-state index contributed by atoms with van der Waals surface area (Å²) in [5, 5.41) is 3.45. The van der Waals surface area contributed by atoms with Crippen LogP contribution in [-0.2, 0) is 0 Å². The molecule has 0 aliphatic carbocycles. The smallest absolute Gasteiger partial charge is 0.164 e. The first-order valence-corrected chi connectivity index (χ1v) is 41.8. The number of aromatic nitrogens is 8. The average molecular weight is 1560 g/mol. The Morgan fingerprint density at radius 1 is 0.155 bits per heavy atom. The van der Waals surface area contributed by atoms with Gasteiger partial charge in [0.05, 0.1) is 0 Å². The Kier molecular flexibility index (Phi) is 18.5. The molecule has 0 spiro atoms. The van der Waals surface area contributed by atoms with Gasteiger partial charge in [-0.15, -0.1) is 0 Å². The van der Waals surface area contributed by atoms with Crippen molar-refractivity contribution in [3.05, 3.63) is 388 Å². The van der Waals surface area contributed by atoms with Crippen LogP contribution >= 0.6 is 47.0 Å². The van der Waals surface area contributed by atoms with Crippen molar-refractivity contribution in [2.24, 2.45) is 0 Å². The Labute approximate surface area is 687 Å². The molecule has 3 aromatic heterocycles. The molecule has 116 heavy (non-hydrogen) atoms. The summed E-state index contributed by atoms with van der Waals surface area (Å²) in [6.07, 6.45) is 0. The van der Waals surface area contributed by atoms with Crippen LogP contribution in [0.3, 0.4) is 0 Å². The molecule has 546 valence electrons. The number of aromatic amines is 2. The Morgan fingerprint density at radius 3 is 0.603 bits per heavy atom. The van der Waals surface area contributed by atoms with Crippen LogP contribution in [0.15, 0.2) is 427 Å². The van der Waals surface area contributed by atoms with Crippen LogP contribution in [0.5, 0.6) is 0 Å². The minimum absolute atomic E-state index is 0.502. The molecular weight excluding hydrogens is 1490 g/mol. The number of nitrogens with one attached hydrogen (secondary N) is 2. The summed E-state index contributed by atoms with van der Waals surface area (Å²) in [4.78, 5) is 50.4. The van der Waals surface area contributed by atoms with Crippen molar-refractivity contribution in [1.29, 1.82) is 0 Å². The van der Waals surface area contributed by atoms with Gasteiger partial charge in [0.25, 0.3) is 0 Å². The van der Waals surface area contributed by atoms with Crippen molar-refractivity contribution in [3.63, 3.8) is 0 Å². The van der Waals surface area contributed by atoms with E-state index >= 15 is 0 Å². The maximum atomic E-state index is 5.73. The van der Waals surface area contributed by atoms with E-state index < -0.39 is 0 Å². The lowest BCUT2D eigenvalue weighted by Crippen LogP contribution is -1.89. The van der Waals surface area contributed by atoms with Crippen LogP contribution in [0.2, 0.25) is 0 Å². The summed E-state index contributed by atoms with van der Waals surface area (Å²) in [6.45, 7) is 0. The first-order valence-electron chi connectivity index (χ1n) is 38.5. The van der Waals surface area contributed by atoms with Crippen molar-refractivity contribution in [2.75, 3.05) is 0 Å². The van der Waals surface area contributed by atoms with Gasteiger partial charge in [-0.2, -0.15) is 0 Å². The number of benzene rings is 16. The van der Waals surface area contributed by atoms with E-state index in [1.54, 1.807) is 47.0 Å². The molecule has 19 aromatic rings. The lowest BCUT2D eigenvalue weighted by atomic mass is 9.99. The summed E-state index contributed by atoms with van der Waals surface area (Å²) in [5.74, 6) is 2.01. The highest BCUT2D eigenvalue weighted by atomic mass is 32.2. The molecule has 12 heteroatoms. The van der Waals surface area contributed by atoms with E-state index in [2.05, 4.69) is 398 Å². The predicted molar refractivity (Wildman–Crippen MR) is 482 cm³/mol. The molecule has 8 bridgehead atoms. The molecule has 8 nitrogen and oxygen atoms in total. The van der Waals surface area contributed by atoms with Gasteiger partial charge in [0.1, 0.15) is 22.6 Å². The van der Waals surface area contributed by atoms with Gasteiger partial charge in [-0.05, 0) is 162 Å². The fourth-order valence-electron chi connectivity index (χ4n) is 15.8. The van der Waals surface area contributed by atoms with Gasteiger partial charge >= 0.3 is 0 Å². The Balaban J connectivity index is 0.803. The first kappa shape index (κ1) is 70.2. The molecule has 16 aromatic carbocycles. The molecule has 21 rings (SSSR count). The topological polar surface area (TPSA) is 109 Å². The monoisotopic (exact) mass is 1550 g/mol. The molecule has 0 saturated carbocycles. The number of hydrogen-bond donors (Lipinski definition) is 2. The molecule has 2 N–H and O–H groups in total. The van der Waals surface area contributed by atoms with Gasteiger partial charge in [0.15, 0.2) is 23.3 Å². The molecule has 0 fully saturated rings. The van der Waals surface area contributed by atoms with Gasteiger partial charge < -0.3 is 9.97 Å². The quantitative estimate of drug-likeness (QED) is 0.0971. The Bertz CT molecular complexity index is 6510. The van der Waals surface area contributed by atoms with Gasteiger partial charge in [-0.1, -0.05) is 362 Å². The molecule has 0 radical (unpaired) electrons. The molecular formula is C104H66N8S4. The van der Waals surface area contributed by atoms with Gasteiger partial charge in [-0.25, -0.2) is 29.9 Å². The fraction of sp³-hybridized carbons (Fsp3) is 0. The van der Waals surface area contributed by atoms with Crippen molar-refractivity contribution in [1.82, 2.24) is 39.9 Å². The van der Waals surface area contributed by atoms with E-state index in [0.29, 0.717) is 45.9 Å². The highest BCUT2D eigenvalue weighted by Gasteiger charge is 2.27. The molecule has 0 saturated heterocycles. The number of fused-ring (bicyclic) bond motifs is 20. The van der Waals surface area contributed by atoms with Crippen LogP contribution in [0.1, 0.15) is 0 Å². The van der Waals surface area contributed by atoms with E-state index in [9.17, 15) is 0 Å². The second-order valence-corrected chi connectivity index (χ2v) is 32.8. The SMILES string of the molecule is c1ccc(-c2cccc(-c3ccccc3)c2Sc2ccc3c(c2)-c2nc-3nc3[nH]c(nc4nc(nc5[nH]c(n2)c2ccc(Sc6c(-c7ccccc7)cccc6-c6ccccc6)cc52)-c2ccc(Sc5c(-c6ccccc6)cccc5-c5ccccc5)cc2-4)c2ccc(Sc4c(-c5ccccc5)cccc4-c4ccccc4)cc32)cc1. The minimum Gasteiger partial charge on any atom is -0.324 e. The van der Waals surface area contributed by atoms with E-state index in [1.807, 2.05) is 0 Å². The molecule has 0 amide bonds. The Hall–Kier alpha value is -13.7. The summed E-state index contributed by atoms with van der Waals surface area (Å²) < 4.78 is 0. The van der Waals surface area contributed by atoms with Crippen LogP contribution < -0.4 is 0 Å². The second kappa shape index (κ2) is 30.7. The zero-order valence-electron chi connectivity index (χ0n) is 62.3. The molecule has 2 aliphatic heterocycles. The number of rotatable bonds is 16. The number of hydrogen-bond acceptors (Lipinski definition) is 10. The number of H-pyrrole nitrogens is 2. The largest absolute Gasteiger partial charge is 0.324 e. The summed E-state index contributed by atoms with van der Waals surface area (Å²) in [6, 6.07) is 138. The number of nitrogens with zero attached hydrogens (tertiary/aromatic N) is 6. The zero-order chi connectivity index (χ0) is 76.8. The summed E-state index contributed by atoms with van der Waals surface area (Å²) in [7, 11) is 0. The fourth-order valence-corrected chi connectivity index (χ4v) is 20.3. The van der Waals surface area contributed by atoms with Crippen molar-refractivity contribution < 1.29 is 0 Å². The highest BCUT2D eigenvalue weighted by Crippen LogP contribution is 2.51. The maximum Gasteiger partial charge on any atom is 0.164 e.